The van der Waals surface area contributed by atoms with Gasteiger partial charge in [-0.3, -0.25) is 4.79 Å². The molecule has 0 bridgehead atoms. The predicted molar refractivity (Wildman–Crippen MR) is 83.3 cm³/mol. The number of para-hydroxylation sites is 1. The molecule has 0 fully saturated rings. The van der Waals surface area contributed by atoms with Gasteiger partial charge in [0.2, 0.25) is 5.91 Å². The Morgan fingerprint density at radius 3 is 2.76 bits per heavy atom. The number of carbonyl (C=O) groups excluding carboxylic acids is 1. The molecule has 1 atom stereocenters. The van der Waals surface area contributed by atoms with E-state index in [4.69, 9.17) is 10.2 Å². The number of rotatable bonds is 4. The summed E-state index contributed by atoms with van der Waals surface area (Å²) in [6, 6.07) is 6.19. The highest BCUT2D eigenvalue weighted by Crippen LogP contribution is 2.24. The third-order valence-corrected chi connectivity index (χ3v) is 3.30. The van der Waals surface area contributed by atoms with Gasteiger partial charge in [0.05, 0.1) is 11.7 Å². The number of hydrogen-bond donors (Lipinski definition) is 2. The van der Waals surface area contributed by atoms with Gasteiger partial charge < -0.3 is 15.5 Å². The van der Waals surface area contributed by atoms with Crippen LogP contribution in [-0.4, -0.2) is 11.9 Å². The van der Waals surface area contributed by atoms with E-state index < -0.39 is 11.7 Å². The monoisotopic (exact) mass is 288 g/mol. The van der Waals surface area contributed by atoms with Crippen molar-refractivity contribution >= 4 is 22.6 Å². The summed E-state index contributed by atoms with van der Waals surface area (Å²) in [7, 11) is 0. The van der Waals surface area contributed by atoms with E-state index in [9.17, 15) is 9.59 Å². The molecule has 3 N–H and O–H groups in total. The molecule has 0 aliphatic heterocycles. The molecule has 0 unspecified atom stereocenters. The Morgan fingerprint density at radius 1 is 1.38 bits per heavy atom. The Balaban J connectivity index is 2.35. The van der Waals surface area contributed by atoms with Crippen molar-refractivity contribution in [3.05, 3.63) is 40.2 Å². The summed E-state index contributed by atoms with van der Waals surface area (Å²) in [5.41, 5.74) is 7.09. The first-order valence-electron chi connectivity index (χ1n) is 6.98. The predicted octanol–water partition coefficient (Wildman–Crippen LogP) is 2.41. The van der Waals surface area contributed by atoms with Crippen molar-refractivity contribution in [1.29, 1.82) is 0 Å². The third kappa shape index (κ3) is 3.49. The van der Waals surface area contributed by atoms with Crippen LogP contribution in [0.3, 0.4) is 0 Å². The van der Waals surface area contributed by atoms with Crippen molar-refractivity contribution in [2.75, 3.05) is 5.32 Å². The molecule has 1 heterocycles. The average molecular weight is 288 g/mol. The molecule has 1 amide bonds. The topological polar surface area (TPSA) is 85.3 Å². The summed E-state index contributed by atoms with van der Waals surface area (Å²) in [4.78, 5) is 23.6. The molecule has 0 saturated carbocycles. The normalized spacial score (nSPS) is 12.6. The quantitative estimate of drug-likeness (QED) is 0.846. The fraction of sp³-hybridized carbons (Fsp3) is 0.375. The molecule has 0 aliphatic carbocycles. The molecule has 1 aromatic carbocycles. The molecule has 5 nitrogen and oxygen atoms in total. The van der Waals surface area contributed by atoms with E-state index in [1.165, 1.54) is 6.07 Å². The minimum absolute atomic E-state index is 0.277. The van der Waals surface area contributed by atoms with Gasteiger partial charge in [-0.05, 0) is 30.9 Å². The van der Waals surface area contributed by atoms with Gasteiger partial charge in [-0.15, -0.1) is 0 Å². The Labute approximate surface area is 123 Å². The van der Waals surface area contributed by atoms with E-state index in [0.29, 0.717) is 23.6 Å². The lowest BCUT2D eigenvalue weighted by atomic mass is 10.0. The zero-order chi connectivity index (χ0) is 15.6. The summed E-state index contributed by atoms with van der Waals surface area (Å²) in [6.45, 7) is 5.84. The summed E-state index contributed by atoms with van der Waals surface area (Å²) in [5, 5.41) is 3.54. The van der Waals surface area contributed by atoms with E-state index in [1.54, 1.807) is 12.1 Å². The number of anilines is 1. The summed E-state index contributed by atoms with van der Waals surface area (Å²) < 4.78 is 5.22. The second kappa shape index (κ2) is 6.10. The highest BCUT2D eigenvalue weighted by molar-refractivity contribution is 6.02. The summed E-state index contributed by atoms with van der Waals surface area (Å²) >= 11 is 0. The van der Waals surface area contributed by atoms with Crippen LogP contribution in [0, 0.1) is 12.8 Å². The van der Waals surface area contributed by atoms with Gasteiger partial charge in [0.25, 0.3) is 0 Å². The first-order chi connectivity index (χ1) is 9.88. The number of fused-ring (bicyclic) bond motifs is 1. The Hall–Kier alpha value is -2.14. The minimum atomic E-state index is -0.586. The Morgan fingerprint density at radius 2 is 2.10 bits per heavy atom. The lowest BCUT2D eigenvalue weighted by molar-refractivity contribution is -0.117. The molecule has 5 heteroatoms. The van der Waals surface area contributed by atoms with Gasteiger partial charge in [-0.2, -0.15) is 0 Å². The fourth-order valence-corrected chi connectivity index (χ4v) is 2.28. The van der Waals surface area contributed by atoms with E-state index in [0.717, 1.165) is 10.9 Å². The van der Waals surface area contributed by atoms with Crippen LogP contribution in [0.2, 0.25) is 0 Å². The molecular formula is C16H20N2O3. The standard InChI is InChI=1S/C16H20N2O3/c1-9(2)7-12(17)16(20)18-13-6-4-5-11-10(3)8-14(19)21-15(11)13/h4-6,8-9,12H,7,17H2,1-3H3,(H,18,20)/t12-/m0/s1. The molecule has 21 heavy (non-hydrogen) atoms. The lowest BCUT2D eigenvalue weighted by Gasteiger charge is -2.15. The van der Waals surface area contributed by atoms with E-state index in [1.807, 2.05) is 26.8 Å². The van der Waals surface area contributed by atoms with Crippen molar-refractivity contribution in [3.63, 3.8) is 0 Å². The number of amides is 1. The van der Waals surface area contributed by atoms with Gasteiger partial charge in [0.1, 0.15) is 0 Å². The van der Waals surface area contributed by atoms with Crippen LogP contribution >= 0.6 is 0 Å². The van der Waals surface area contributed by atoms with E-state index >= 15 is 0 Å². The van der Waals surface area contributed by atoms with Crippen molar-refractivity contribution in [2.45, 2.75) is 33.2 Å². The van der Waals surface area contributed by atoms with Crippen molar-refractivity contribution in [2.24, 2.45) is 11.7 Å². The van der Waals surface area contributed by atoms with Gasteiger partial charge in [0.15, 0.2) is 5.58 Å². The molecule has 0 radical (unpaired) electrons. The Kier molecular flexibility index (Phi) is 4.43. The second-order valence-electron chi connectivity index (χ2n) is 5.66. The molecule has 0 saturated heterocycles. The fourth-order valence-electron chi connectivity index (χ4n) is 2.28. The van der Waals surface area contributed by atoms with Gasteiger partial charge in [0, 0.05) is 11.5 Å². The number of hydrogen-bond acceptors (Lipinski definition) is 4. The SMILES string of the molecule is Cc1cc(=O)oc2c(NC(=O)[C@@H](N)CC(C)C)cccc12. The molecule has 112 valence electrons. The average Bonchev–Trinajstić information content (AvgIpc) is 2.38. The largest absolute Gasteiger partial charge is 0.420 e. The molecule has 2 rings (SSSR count). The Bertz CT molecular complexity index is 719. The minimum Gasteiger partial charge on any atom is -0.420 e. The number of nitrogens with one attached hydrogen (secondary N) is 1. The molecule has 0 aliphatic rings. The zero-order valence-electron chi connectivity index (χ0n) is 12.5. The van der Waals surface area contributed by atoms with Crippen LogP contribution < -0.4 is 16.7 Å². The van der Waals surface area contributed by atoms with E-state index in [-0.39, 0.29) is 5.91 Å². The van der Waals surface area contributed by atoms with Crippen LogP contribution in [-0.2, 0) is 4.79 Å². The van der Waals surface area contributed by atoms with Gasteiger partial charge in [-0.25, -0.2) is 4.79 Å². The molecule has 2 aromatic rings. The summed E-state index contributed by atoms with van der Waals surface area (Å²) in [6.07, 6.45) is 0.597. The molecule has 1 aromatic heterocycles. The van der Waals surface area contributed by atoms with Crippen LogP contribution in [0.1, 0.15) is 25.8 Å². The van der Waals surface area contributed by atoms with Crippen LogP contribution in [0.15, 0.2) is 33.5 Å². The molecule has 0 spiro atoms. The number of benzene rings is 1. The second-order valence-corrected chi connectivity index (χ2v) is 5.66. The highest BCUT2D eigenvalue weighted by Gasteiger charge is 2.17. The van der Waals surface area contributed by atoms with Crippen molar-refractivity contribution < 1.29 is 9.21 Å². The maximum Gasteiger partial charge on any atom is 0.336 e. The van der Waals surface area contributed by atoms with E-state index in [2.05, 4.69) is 5.32 Å². The highest BCUT2D eigenvalue weighted by atomic mass is 16.4. The van der Waals surface area contributed by atoms with Crippen LogP contribution in [0.5, 0.6) is 0 Å². The van der Waals surface area contributed by atoms with Gasteiger partial charge >= 0.3 is 5.63 Å². The smallest absolute Gasteiger partial charge is 0.336 e. The van der Waals surface area contributed by atoms with Gasteiger partial charge in [-0.1, -0.05) is 26.0 Å². The van der Waals surface area contributed by atoms with Crippen LogP contribution in [0.25, 0.3) is 11.0 Å². The number of nitrogens with two attached hydrogens (primary N) is 1. The molecular weight excluding hydrogens is 268 g/mol. The zero-order valence-corrected chi connectivity index (χ0v) is 12.5. The number of carbonyl (C=O) groups is 1. The van der Waals surface area contributed by atoms with Crippen LogP contribution in [0.4, 0.5) is 5.69 Å². The van der Waals surface area contributed by atoms with Crippen molar-refractivity contribution in [3.8, 4) is 0 Å². The maximum atomic E-state index is 12.1. The lowest BCUT2D eigenvalue weighted by Crippen LogP contribution is -2.36. The summed E-state index contributed by atoms with van der Waals surface area (Å²) in [5.74, 6) is 0.0544. The number of aryl methyl sites for hydroxylation is 1. The first-order valence-corrected chi connectivity index (χ1v) is 6.98. The van der Waals surface area contributed by atoms with Crippen molar-refractivity contribution in [1.82, 2.24) is 0 Å². The third-order valence-electron chi connectivity index (χ3n) is 3.30. The first kappa shape index (κ1) is 15.3. The maximum absolute atomic E-state index is 12.1.